The average molecular weight is 274 g/mol. The normalized spacial score (nSPS) is 9.22. The van der Waals surface area contributed by atoms with Crippen molar-refractivity contribution in [1.29, 1.82) is 0 Å². The number of rotatable bonds is 4. The summed E-state index contributed by atoms with van der Waals surface area (Å²) in [6, 6.07) is 4.89. The van der Waals surface area contributed by atoms with Gasteiger partial charge in [-0.25, -0.2) is 4.79 Å². The summed E-state index contributed by atoms with van der Waals surface area (Å²) >= 11 is 0. The van der Waals surface area contributed by atoms with Gasteiger partial charge in [-0.05, 0) is 18.6 Å². The quantitative estimate of drug-likeness (QED) is 0.666. The summed E-state index contributed by atoms with van der Waals surface area (Å²) in [5.74, 6) is -0.894. The molecule has 0 saturated heterocycles. The number of methoxy groups -OCH3 is 1. The van der Waals surface area contributed by atoms with Crippen molar-refractivity contribution >= 4 is 30.0 Å². The number of halogens is 1. The zero-order valence-corrected chi connectivity index (χ0v) is 11.1. The van der Waals surface area contributed by atoms with E-state index in [0.717, 1.165) is 0 Å². The van der Waals surface area contributed by atoms with E-state index >= 15 is 0 Å². The molecule has 0 heterocycles. The summed E-state index contributed by atoms with van der Waals surface area (Å²) in [6.45, 7) is 1.99. The Kier molecular flexibility index (Phi) is 6.82. The van der Waals surface area contributed by atoms with E-state index in [1.54, 1.807) is 25.1 Å². The van der Waals surface area contributed by atoms with Gasteiger partial charge in [-0.2, -0.15) is 0 Å². The second-order valence-corrected chi connectivity index (χ2v) is 3.35. The van der Waals surface area contributed by atoms with Crippen molar-refractivity contribution in [3.63, 3.8) is 0 Å². The minimum Gasteiger partial charge on any atom is -0.469 e. The van der Waals surface area contributed by atoms with Crippen LogP contribution in [0.3, 0.4) is 0 Å². The number of nitrogens with two attached hydrogens (primary N) is 1. The van der Waals surface area contributed by atoms with Crippen molar-refractivity contribution in [1.82, 2.24) is 0 Å². The molecule has 0 amide bonds. The molecule has 1 rings (SSSR count). The molecule has 0 fully saturated rings. The third-order valence-electron chi connectivity index (χ3n) is 2.25. The Morgan fingerprint density at radius 3 is 2.56 bits per heavy atom. The van der Waals surface area contributed by atoms with Crippen molar-refractivity contribution in [2.75, 3.05) is 19.5 Å². The van der Waals surface area contributed by atoms with Gasteiger partial charge in [-0.3, -0.25) is 4.79 Å². The Labute approximate surface area is 112 Å². The zero-order valence-electron chi connectivity index (χ0n) is 10.3. The number of benzene rings is 1. The molecule has 0 spiro atoms. The molecule has 0 aliphatic carbocycles. The lowest BCUT2D eigenvalue weighted by Crippen LogP contribution is -2.12. The number of anilines is 1. The molecule has 6 heteroatoms. The third-order valence-corrected chi connectivity index (χ3v) is 2.25. The Morgan fingerprint density at radius 1 is 1.33 bits per heavy atom. The van der Waals surface area contributed by atoms with Crippen molar-refractivity contribution < 1.29 is 19.1 Å². The van der Waals surface area contributed by atoms with E-state index in [-0.39, 0.29) is 36.7 Å². The topological polar surface area (TPSA) is 78.6 Å². The van der Waals surface area contributed by atoms with Crippen molar-refractivity contribution in [3.05, 3.63) is 29.3 Å². The first-order valence-electron chi connectivity index (χ1n) is 5.21. The highest BCUT2D eigenvalue weighted by atomic mass is 35.5. The van der Waals surface area contributed by atoms with Crippen LogP contribution in [0.1, 0.15) is 22.8 Å². The second-order valence-electron chi connectivity index (χ2n) is 3.35. The molecule has 5 nitrogen and oxygen atoms in total. The van der Waals surface area contributed by atoms with E-state index in [1.807, 2.05) is 0 Å². The van der Waals surface area contributed by atoms with E-state index in [1.165, 1.54) is 7.11 Å². The van der Waals surface area contributed by atoms with Gasteiger partial charge in [-0.1, -0.05) is 12.1 Å². The fourth-order valence-electron chi connectivity index (χ4n) is 1.38. The minimum absolute atomic E-state index is 0. The molecule has 0 radical (unpaired) electrons. The van der Waals surface area contributed by atoms with Gasteiger partial charge in [0.05, 0.1) is 25.7 Å². The van der Waals surface area contributed by atoms with Crippen LogP contribution in [0.2, 0.25) is 0 Å². The number of ether oxygens (including phenoxy) is 2. The molecule has 2 N–H and O–H groups in total. The SMILES string of the molecule is CCOC(=O)c1cccc(CC(=O)OC)c1N.Cl. The van der Waals surface area contributed by atoms with Crippen LogP contribution in [-0.2, 0) is 20.7 Å². The van der Waals surface area contributed by atoms with Crippen LogP contribution in [-0.4, -0.2) is 25.7 Å². The van der Waals surface area contributed by atoms with E-state index in [4.69, 9.17) is 10.5 Å². The van der Waals surface area contributed by atoms with Crippen LogP contribution >= 0.6 is 12.4 Å². The molecular weight excluding hydrogens is 258 g/mol. The fraction of sp³-hybridized carbons (Fsp3) is 0.333. The van der Waals surface area contributed by atoms with Crippen molar-refractivity contribution in [2.24, 2.45) is 0 Å². The Bertz CT molecular complexity index is 434. The van der Waals surface area contributed by atoms with Gasteiger partial charge < -0.3 is 15.2 Å². The zero-order chi connectivity index (χ0) is 12.8. The first-order chi connectivity index (χ1) is 8.10. The number of hydrogen-bond donors (Lipinski definition) is 1. The Balaban J connectivity index is 0.00000289. The van der Waals surface area contributed by atoms with Gasteiger partial charge in [0.15, 0.2) is 0 Å². The van der Waals surface area contributed by atoms with Crippen LogP contribution in [0.25, 0.3) is 0 Å². The van der Waals surface area contributed by atoms with E-state index in [0.29, 0.717) is 5.56 Å². The van der Waals surface area contributed by atoms with Gasteiger partial charge in [0.25, 0.3) is 0 Å². The number of carbonyl (C=O) groups excluding carboxylic acids is 2. The van der Waals surface area contributed by atoms with Crippen LogP contribution < -0.4 is 5.73 Å². The maximum Gasteiger partial charge on any atom is 0.340 e. The third kappa shape index (κ3) is 3.92. The number of carbonyl (C=O) groups is 2. The summed E-state index contributed by atoms with van der Waals surface area (Å²) in [5, 5.41) is 0. The second kappa shape index (κ2) is 7.55. The molecule has 18 heavy (non-hydrogen) atoms. The van der Waals surface area contributed by atoms with Crippen molar-refractivity contribution in [2.45, 2.75) is 13.3 Å². The summed E-state index contributed by atoms with van der Waals surface area (Å²) < 4.78 is 9.41. The molecule has 0 atom stereocenters. The van der Waals surface area contributed by atoms with E-state index in [2.05, 4.69) is 4.74 Å². The molecular formula is C12H16ClNO4. The molecule has 100 valence electrons. The van der Waals surface area contributed by atoms with Crippen LogP contribution in [0.15, 0.2) is 18.2 Å². The van der Waals surface area contributed by atoms with Gasteiger partial charge in [0.2, 0.25) is 0 Å². The molecule has 0 bridgehead atoms. The highest BCUT2D eigenvalue weighted by Gasteiger charge is 2.15. The molecule has 0 unspecified atom stereocenters. The number of esters is 2. The van der Waals surface area contributed by atoms with E-state index < -0.39 is 11.9 Å². The number of para-hydroxylation sites is 1. The molecule has 1 aromatic carbocycles. The lowest BCUT2D eigenvalue weighted by molar-refractivity contribution is -0.139. The summed E-state index contributed by atoms with van der Waals surface area (Å²) in [5.41, 5.74) is 6.90. The first kappa shape index (κ1) is 16.2. The Hall–Kier alpha value is -1.75. The minimum atomic E-state index is -0.489. The molecule has 0 aliphatic heterocycles. The van der Waals surface area contributed by atoms with Crippen LogP contribution in [0.5, 0.6) is 0 Å². The lowest BCUT2D eigenvalue weighted by atomic mass is 10.0. The maximum atomic E-state index is 11.6. The fourth-order valence-corrected chi connectivity index (χ4v) is 1.38. The molecule has 1 aromatic rings. The van der Waals surface area contributed by atoms with Gasteiger partial charge in [-0.15, -0.1) is 12.4 Å². The van der Waals surface area contributed by atoms with Gasteiger partial charge >= 0.3 is 11.9 Å². The Morgan fingerprint density at radius 2 is 2.00 bits per heavy atom. The molecule has 0 aromatic heterocycles. The van der Waals surface area contributed by atoms with Gasteiger partial charge in [0.1, 0.15) is 0 Å². The summed E-state index contributed by atoms with van der Waals surface area (Å²) in [6.07, 6.45) is 0.0373. The summed E-state index contributed by atoms with van der Waals surface area (Å²) in [4.78, 5) is 22.7. The standard InChI is InChI=1S/C12H15NO4.ClH/c1-3-17-12(15)9-6-4-5-8(11(9)13)7-10(14)16-2;/h4-6H,3,7,13H2,1-2H3;1H. The largest absolute Gasteiger partial charge is 0.469 e. The predicted molar refractivity (Wildman–Crippen MR) is 69.8 cm³/mol. The highest BCUT2D eigenvalue weighted by Crippen LogP contribution is 2.19. The average Bonchev–Trinajstić information content (AvgIpc) is 2.32. The maximum absolute atomic E-state index is 11.6. The highest BCUT2D eigenvalue weighted by molar-refractivity contribution is 5.96. The van der Waals surface area contributed by atoms with E-state index in [9.17, 15) is 9.59 Å². The monoisotopic (exact) mass is 273 g/mol. The van der Waals surface area contributed by atoms with Crippen LogP contribution in [0, 0.1) is 0 Å². The number of hydrogen-bond acceptors (Lipinski definition) is 5. The van der Waals surface area contributed by atoms with Crippen LogP contribution in [0.4, 0.5) is 5.69 Å². The lowest BCUT2D eigenvalue weighted by Gasteiger charge is -2.09. The van der Waals surface area contributed by atoms with Crippen molar-refractivity contribution in [3.8, 4) is 0 Å². The first-order valence-corrected chi connectivity index (χ1v) is 5.21. The number of nitrogen functional groups attached to an aromatic ring is 1. The smallest absolute Gasteiger partial charge is 0.340 e. The predicted octanol–water partition coefficient (Wildman–Crippen LogP) is 1.58. The molecule has 0 aliphatic rings. The van der Waals surface area contributed by atoms with Gasteiger partial charge in [0, 0.05) is 5.69 Å². The summed E-state index contributed by atoms with van der Waals surface area (Å²) in [7, 11) is 1.30. The molecule has 0 saturated carbocycles.